The number of nitrogens with one attached hydrogen (secondary N) is 1. The average Bonchev–Trinajstić information content (AvgIpc) is 2.53. The monoisotopic (exact) mass is 345 g/mol. The molecule has 0 amide bonds. The van der Waals surface area contributed by atoms with E-state index in [0.29, 0.717) is 16.2 Å². The Labute approximate surface area is 143 Å². The number of sulfonamides is 1. The Morgan fingerprint density at radius 3 is 2.25 bits per heavy atom. The van der Waals surface area contributed by atoms with Crippen LogP contribution < -0.4 is 9.46 Å². The third-order valence-electron chi connectivity index (χ3n) is 4.85. The van der Waals surface area contributed by atoms with Crippen molar-refractivity contribution in [1.82, 2.24) is 4.72 Å². The van der Waals surface area contributed by atoms with Gasteiger partial charge < -0.3 is 4.74 Å². The zero-order valence-corrected chi connectivity index (χ0v) is 15.1. The van der Waals surface area contributed by atoms with Crippen molar-refractivity contribution >= 4 is 10.0 Å². The first-order valence-electron chi connectivity index (χ1n) is 8.13. The number of ether oxygens (including phenoxy) is 1. The summed E-state index contributed by atoms with van der Waals surface area (Å²) in [6.45, 7) is 3.65. The number of rotatable bonds is 5. The maximum Gasteiger partial charge on any atom is 0.241 e. The molecule has 1 saturated carbocycles. The maximum atomic E-state index is 13.0. The van der Waals surface area contributed by atoms with Crippen LogP contribution in [0.2, 0.25) is 0 Å². The van der Waals surface area contributed by atoms with E-state index in [1.807, 2.05) is 37.3 Å². The van der Waals surface area contributed by atoms with E-state index >= 15 is 0 Å². The molecular weight excluding hydrogens is 322 g/mol. The smallest absolute Gasteiger partial charge is 0.241 e. The highest BCUT2D eigenvalue weighted by molar-refractivity contribution is 7.89. The van der Waals surface area contributed by atoms with Gasteiger partial charge in [0.15, 0.2) is 0 Å². The van der Waals surface area contributed by atoms with Crippen molar-refractivity contribution in [1.29, 1.82) is 0 Å². The molecule has 1 aliphatic carbocycles. The molecule has 0 bridgehead atoms. The minimum Gasteiger partial charge on any atom is -0.496 e. The summed E-state index contributed by atoms with van der Waals surface area (Å²) >= 11 is 0. The number of hydrogen-bond acceptors (Lipinski definition) is 3. The molecule has 0 heterocycles. The molecule has 1 fully saturated rings. The van der Waals surface area contributed by atoms with E-state index in [1.54, 1.807) is 26.2 Å². The van der Waals surface area contributed by atoms with Gasteiger partial charge >= 0.3 is 0 Å². The number of hydrogen-bond donors (Lipinski definition) is 1. The lowest BCUT2D eigenvalue weighted by atomic mass is 9.73. The van der Waals surface area contributed by atoms with E-state index < -0.39 is 15.6 Å². The Morgan fingerprint density at radius 2 is 1.71 bits per heavy atom. The Balaban J connectivity index is 1.98. The van der Waals surface area contributed by atoms with Crippen molar-refractivity contribution < 1.29 is 13.2 Å². The Hall–Kier alpha value is -1.85. The molecule has 0 radical (unpaired) electrons. The van der Waals surface area contributed by atoms with Gasteiger partial charge in [0.2, 0.25) is 10.0 Å². The molecule has 2 aromatic rings. The van der Waals surface area contributed by atoms with Crippen molar-refractivity contribution in [2.45, 2.75) is 43.5 Å². The van der Waals surface area contributed by atoms with E-state index in [4.69, 9.17) is 4.74 Å². The second-order valence-electron chi connectivity index (χ2n) is 6.49. The van der Waals surface area contributed by atoms with Gasteiger partial charge in [-0.15, -0.1) is 0 Å². The zero-order chi connectivity index (χ0) is 17.4. The third kappa shape index (κ3) is 2.94. The van der Waals surface area contributed by atoms with E-state index in [2.05, 4.69) is 4.72 Å². The number of benzene rings is 2. The standard InChI is InChI=1S/C19H23NO3S/c1-14-13-18(15(2)12-17(14)23-3)24(21,22)20-19(10-7-11-19)16-8-5-4-6-9-16/h4-6,8-9,12-13,20H,7,10-11H2,1-3H3. The molecule has 128 valence electrons. The fourth-order valence-corrected chi connectivity index (χ4v) is 5.08. The van der Waals surface area contributed by atoms with Gasteiger partial charge in [-0.2, -0.15) is 0 Å². The van der Waals surface area contributed by atoms with Crippen LogP contribution in [0, 0.1) is 13.8 Å². The Kier molecular flexibility index (Phi) is 4.40. The Bertz CT molecular complexity index is 840. The second-order valence-corrected chi connectivity index (χ2v) is 8.15. The highest BCUT2D eigenvalue weighted by Gasteiger charge is 2.42. The zero-order valence-electron chi connectivity index (χ0n) is 14.3. The summed E-state index contributed by atoms with van der Waals surface area (Å²) in [7, 11) is -2.02. The minimum atomic E-state index is -3.61. The Morgan fingerprint density at radius 1 is 1.04 bits per heavy atom. The van der Waals surface area contributed by atoms with Gasteiger partial charge in [-0.3, -0.25) is 0 Å². The molecule has 2 aromatic carbocycles. The lowest BCUT2D eigenvalue weighted by Gasteiger charge is -2.42. The van der Waals surface area contributed by atoms with Crippen LogP contribution in [0.1, 0.15) is 36.0 Å². The van der Waals surface area contributed by atoms with Crippen molar-refractivity contribution in [2.24, 2.45) is 0 Å². The highest BCUT2D eigenvalue weighted by atomic mass is 32.2. The largest absolute Gasteiger partial charge is 0.496 e. The summed E-state index contributed by atoms with van der Waals surface area (Å²) in [6.07, 6.45) is 2.67. The van der Waals surface area contributed by atoms with Gasteiger partial charge in [0, 0.05) is 0 Å². The fourth-order valence-electron chi connectivity index (χ4n) is 3.32. The molecule has 0 atom stereocenters. The molecule has 1 N–H and O–H groups in total. The molecule has 1 aliphatic rings. The molecule has 0 aliphatic heterocycles. The van der Waals surface area contributed by atoms with E-state index in [-0.39, 0.29) is 0 Å². The van der Waals surface area contributed by atoms with Crippen molar-refractivity contribution in [3.63, 3.8) is 0 Å². The summed E-state index contributed by atoms with van der Waals surface area (Å²) in [4.78, 5) is 0.322. The van der Waals surface area contributed by atoms with Crippen LogP contribution in [0.4, 0.5) is 0 Å². The van der Waals surface area contributed by atoms with Crippen LogP contribution in [-0.2, 0) is 15.6 Å². The second kappa shape index (κ2) is 6.22. The average molecular weight is 345 g/mol. The van der Waals surface area contributed by atoms with E-state index in [0.717, 1.165) is 30.4 Å². The SMILES string of the molecule is COc1cc(C)c(S(=O)(=O)NC2(c3ccccc3)CCC2)cc1C. The molecule has 0 aromatic heterocycles. The van der Waals surface area contributed by atoms with Crippen LogP contribution in [0.25, 0.3) is 0 Å². The van der Waals surface area contributed by atoms with Crippen molar-refractivity contribution in [2.75, 3.05) is 7.11 Å². The molecule has 0 unspecified atom stereocenters. The quantitative estimate of drug-likeness (QED) is 0.899. The van der Waals surface area contributed by atoms with Crippen LogP contribution in [0.15, 0.2) is 47.4 Å². The van der Waals surface area contributed by atoms with Crippen molar-refractivity contribution in [3.05, 3.63) is 59.2 Å². The van der Waals surface area contributed by atoms with Gasteiger partial charge in [0.05, 0.1) is 17.5 Å². The van der Waals surface area contributed by atoms with E-state index in [1.165, 1.54) is 0 Å². The normalized spacial score (nSPS) is 16.5. The molecule has 0 spiro atoms. The number of methoxy groups -OCH3 is 1. The van der Waals surface area contributed by atoms with Gasteiger partial charge in [0.1, 0.15) is 5.75 Å². The molecule has 3 rings (SSSR count). The predicted octanol–water partition coefficient (Wildman–Crippen LogP) is 3.67. The maximum absolute atomic E-state index is 13.0. The highest BCUT2D eigenvalue weighted by Crippen LogP contribution is 2.42. The summed E-state index contributed by atoms with van der Waals surface area (Å²) in [6, 6.07) is 13.3. The van der Waals surface area contributed by atoms with Crippen LogP contribution >= 0.6 is 0 Å². The number of aryl methyl sites for hydroxylation is 2. The fraction of sp³-hybridized carbons (Fsp3) is 0.368. The first kappa shape index (κ1) is 17.0. The van der Waals surface area contributed by atoms with Gasteiger partial charge in [-0.25, -0.2) is 13.1 Å². The first-order chi connectivity index (χ1) is 11.4. The summed E-state index contributed by atoms with van der Waals surface area (Å²) in [5.41, 5.74) is 2.04. The van der Waals surface area contributed by atoms with Gasteiger partial charge in [-0.1, -0.05) is 30.3 Å². The van der Waals surface area contributed by atoms with Crippen molar-refractivity contribution in [3.8, 4) is 5.75 Å². The lowest BCUT2D eigenvalue weighted by molar-refractivity contribution is 0.224. The van der Waals surface area contributed by atoms with Crippen LogP contribution in [-0.4, -0.2) is 15.5 Å². The summed E-state index contributed by atoms with van der Waals surface area (Å²) in [5.74, 6) is 0.702. The minimum absolute atomic E-state index is 0.322. The molecule has 0 saturated heterocycles. The third-order valence-corrected chi connectivity index (χ3v) is 6.52. The van der Waals surface area contributed by atoms with Crippen LogP contribution in [0.3, 0.4) is 0 Å². The molecule has 4 nitrogen and oxygen atoms in total. The summed E-state index contributed by atoms with van der Waals surface area (Å²) < 4.78 is 34.3. The molecule has 5 heteroatoms. The molecule has 24 heavy (non-hydrogen) atoms. The predicted molar refractivity (Wildman–Crippen MR) is 94.8 cm³/mol. The van der Waals surface area contributed by atoms with Gasteiger partial charge in [-0.05, 0) is 61.9 Å². The van der Waals surface area contributed by atoms with Gasteiger partial charge in [0.25, 0.3) is 0 Å². The first-order valence-corrected chi connectivity index (χ1v) is 9.61. The molecular formula is C19H23NO3S. The van der Waals surface area contributed by atoms with E-state index in [9.17, 15) is 8.42 Å². The topological polar surface area (TPSA) is 55.4 Å². The lowest BCUT2D eigenvalue weighted by Crippen LogP contribution is -2.50. The summed E-state index contributed by atoms with van der Waals surface area (Å²) in [5, 5.41) is 0. The van der Waals surface area contributed by atoms with Crippen LogP contribution in [0.5, 0.6) is 5.75 Å².